The first-order chi connectivity index (χ1) is 6.70. The van der Waals surface area contributed by atoms with Crippen molar-refractivity contribution in [2.45, 2.75) is 26.7 Å². The van der Waals surface area contributed by atoms with Gasteiger partial charge in [-0.1, -0.05) is 13.8 Å². The van der Waals surface area contributed by atoms with Gasteiger partial charge in [-0.25, -0.2) is 13.1 Å². The molecule has 0 aliphatic rings. The number of carbonyl (C=O) groups is 1. The summed E-state index contributed by atoms with van der Waals surface area (Å²) in [5.41, 5.74) is 0. The van der Waals surface area contributed by atoms with Gasteiger partial charge < -0.3 is 5.11 Å². The van der Waals surface area contributed by atoms with E-state index >= 15 is 0 Å². The van der Waals surface area contributed by atoms with Crippen molar-refractivity contribution in [1.29, 1.82) is 0 Å². The van der Waals surface area contributed by atoms with E-state index in [2.05, 4.69) is 4.72 Å². The molecule has 0 unspecified atom stereocenters. The van der Waals surface area contributed by atoms with Crippen molar-refractivity contribution in [3.05, 3.63) is 0 Å². The van der Waals surface area contributed by atoms with Gasteiger partial charge in [0, 0.05) is 13.0 Å². The standard InChI is InChI=1S/C9H19NO4S/c1-7(2)4-8(5-9(11)12)6-10-15(3,13)14/h7-8,10H,4-6H2,1-3H3,(H,11,12)/t8-/m0/s1. The van der Waals surface area contributed by atoms with E-state index in [1.165, 1.54) is 0 Å². The lowest BCUT2D eigenvalue weighted by Crippen LogP contribution is -2.30. The highest BCUT2D eigenvalue weighted by atomic mass is 32.2. The predicted molar refractivity (Wildman–Crippen MR) is 58.0 cm³/mol. The third-order valence-electron chi connectivity index (χ3n) is 1.90. The van der Waals surface area contributed by atoms with Crippen LogP contribution in [0.1, 0.15) is 26.7 Å². The van der Waals surface area contributed by atoms with Crippen LogP contribution in [0, 0.1) is 11.8 Å². The van der Waals surface area contributed by atoms with E-state index in [9.17, 15) is 13.2 Å². The van der Waals surface area contributed by atoms with Crippen molar-refractivity contribution < 1.29 is 18.3 Å². The first-order valence-electron chi connectivity index (χ1n) is 4.87. The van der Waals surface area contributed by atoms with Crippen molar-refractivity contribution in [1.82, 2.24) is 4.72 Å². The number of hydrogen-bond donors (Lipinski definition) is 2. The summed E-state index contributed by atoms with van der Waals surface area (Å²) in [6, 6.07) is 0. The number of rotatable bonds is 7. The van der Waals surface area contributed by atoms with Gasteiger partial charge in [-0.2, -0.15) is 0 Å². The minimum Gasteiger partial charge on any atom is -0.481 e. The van der Waals surface area contributed by atoms with Gasteiger partial charge in [0.15, 0.2) is 0 Å². The fourth-order valence-electron chi connectivity index (χ4n) is 1.42. The number of hydrogen-bond acceptors (Lipinski definition) is 3. The summed E-state index contributed by atoms with van der Waals surface area (Å²) < 4.78 is 24.0. The summed E-state index contributed by atoms with van der Waals surface area (Å²) in [7, 11) is -3.23. The zero-order valence-electron chi connectivity index (χ0n) is 9.36. The van der Waals surface area contributed by atoms with Crippen molar-refractivity contribution in [3.63, 3.8) is 0 Å². The normalized spacial score (nSPS) is 14.1. The average molecular weight is 237 g/mol. The van der Waals surface area contributed by atoms with E-state index in [-0.39, 0.29) is 18.9 Å². The molecule has 15 heavy (non-hydrogen) atoms. The second kappa shape index (κ2) is 6.07. The molecule has 0 saturated carbocycles. The van der Waals surface area contributed by atoms with Crippen molar-refractivity contribution in [2.24, 2.45) is 11.8 Å². The Morgan fingerprint density at radius 1 is 1.40 bits per heavy atom. The number of nitrogens with one attached hydrogen (secondary N) is 1. The zero-order valence-corrected chi connectivity index (χ0v) is 10.2. The van der Waals surface area contributed by atoms with Gasteiger partial charge in [-0.15, -0.1) is 0 Å². The Hall–Kier alpha value is -0.620. The van der Waals surface area contributed by atoms with Gasteiger partial charge >= 0.3 is 5.97 Å². The molecule has 0 aromatic carbocycles. The first kappa shape index (κ1) is 14.4. The number of sulfonamides is 1. The van der Waals surface area contributed by atoms with Gasteiger partial charge in [-0.3, -0.25) is 4.79 Å². The Morgan fingerprint density at radius 3 is 2.27 bits per heavy atom. The topological polar surface area (TPSA) is 83.5 Å². The summed E-state index contributed by atoms with van der Waals surface area (Å²) in [5.74, 6) is -0.677. The van der Waals surface area contributed by atoms with Crippen LogP contribution < -0.4 is 4.72 Å². The number of carboxylic acids is 1. The van der Waals surface area contributed by atoms with Crippen molar-refractivity contribution >= 4 is 16.0 Å². The molecular weight excluding hydrogens is 218 g/mol. The molecule has 5 nitrogen and oxygen atoms in total. The SMILES string of the molecule is CC(C)C[C@H](CNS(C)(=O)=O)CC(=O)O. The molecule has 1 atom stereocenters. The summed E-state index contributed by atoms with van der Waals surface area (Å²) in [6.07, 6.45) is 1.77. The van der Waals surface area contributed by atoms with Crippen LogP contribution in [0.2, 0.25) is 0 Å². The molecule has 0 saturated heterocycles. The Morgan fingerprint density at radius 2 is 1.93 bits per heavy atom. The lowest BCUT2D eigenvalue weighted by molar-refractivity contribution is -0.138. The molecule has 0 rings (SSSR count). The maximum absolute atomic E-state index is 10.8. The molecule has 0 fully saturated rings. The lowest BCUT2D eigenvalue weighted by Gasteiger charge is -2.16. The van der Waals surface area contributed by atoms with Gasteiger partial charge in [-0.05, 0) is 18.3 Å². The molecule has 0 amide bonds. The molecule has 0 aliphatic heterocycles. The number of aliphatic carboxylic acids is 1. The van der Waals surface area contributed by atoms with Crippen LogP contribution in [0.5, 0.6) is 0 Å². The molecule has 2 N–H and O–H groups in total. The van der Waals surface area contributed by atoms with E-state index in [0.29, 0.717) is 12.3 Å². The second-order valence-corrected chi connectivity index (χ2v) is 6.05. The Labute approximate surface area is 90.9 Å². The summed E-state index contributed by atoms with van der Waals surface area (Å²) in [6.45, 7) is 4.16. The predicted octanol–water partition coefficient (Wildman–Crippen LogP) is 0.673. The fraction of sp³-hybridized carbons (Fsp3) is 0.889. The third-order valence-corrected chi connectivity index (χ3v) is 2.59. The maximum atomic E-state index is 10.8. The zero-order chi connectivity index (χ0) is 12.1. The third kappa shape index (κ3) is 9.68. The molecule has 6 heteroatoms. The molecule has 0 radical (unpaired) electrons. The molecule has 90 valence electrons. The van der Waals surface area contributed by atoms with Crippen LogP contribution in [0.15, 0.2) is 0 Å². The van der Waals surface area contributed by atoms with E-state index in [0.717, 1.165) is 6.26 Å². The van der Waals surface area contributed by atoms with Crippen molar-refractivity contribution in [2.75, 3.05) is 12.8 Å². The number of carboxylic acid groups (broad SMARTS) is 1. The van der Waals surface area contributed by atoms with Crippen LogP contribution in [-0.2, 0) is 14.8 Å². The quantitative estimate of drug-likeness (QED) is 0.681. The fourth-order valence-corrected chi connectivity index (χ4v) is 1.96. The Kier molecular flexibility index (Phi) is 5.82. The van der Waals surface area contributed by atoms with Crippen LogP contribution in [0.4, 0.5) is 0 Å². The molecule has 0 bridgehead atoms. The highest BCUT2D eigenvalue weighted by molar-refractivity contribution is 7.88. The highest BCUT2D eigenvalue weighted by Crippen LogP contribution is 2.14. The van der Waals surface area contributed by atoms with Crippen LogP contribution in [0.3, 0.4) is 0 Å². The van der Waals surface area contributed by atoms with Crippen LogP contribution in [-0.4, -0.2) is 32.3 Å². The molecule has 0 aromatic heterocycles. The summed E-state index contributed by atoms with van der Waals surface area (Å²) >= 11 is 0. The molecule has 0 aromatic rings. The molecule has 0 heterocycles. The van der Waals surface area contributed by atoms with Gasteiger partial charge in [0.1, 0.15) is 0 Å². The van der Waals surface area contributed by atoms with E-state index < -0.39 is 16.0 Å². The average Bonchev–Trinajstić information content (AvgIpc) is 1.96. The van der Waals surface area contributed by atoms with Gasteiger partial charge in [0.25, 0.3) is 0 Å². The summed E-state index contributed by atoms with van der Waals surface area (Å²) in [5, 5.41) is 8.65. The van der Waals surface area contributed by atoms with Crippen LogP contribution >= 0.6 is 0 Å². The summed E-state index contributed by atoms with van der Waals surface area (Å²) in [4.78, 5) is 10.5. The maximum Gasteiger partial charge on any atom is 0.303 e. The molecule has 0 spiro atoms. The minimum atomic E-state index is -3.23. The van der Waals surface area contributed by atoms with Crippen molar-refractivity contribution in [3.8, 4) is 0 Å². The second-order valence-electron chi connectivity index (χ2n) is 4.21. The first-order valence-corrected chi connectivity index (χ1v) is 6.76. The monoisotopic (exact) mass is 237 g/mol. The smallest absolute Gasteiger partial charge is 0.303 e. The van der Waals surface area contributed by atoms with E-state index in [1.54, 1.807) is 0 Å². The molecular formula is C9H19NO4S. The largest absolute Gasteiger partial charge is 0.481 e. The molecule has 0 aliphatic carbocycles. The van der Waals surface area contributed by atoms with E-state index in [1.807, 2.05) is 13.8 Å². The lowest BCUT2D eigenvalue weighted by atomic mass is 9.94. The van der Waals surface area contributed by atoms with Gasteiger partial charge in [0.2, 0.25) is 10.0 Å². The van der Waals surface area contributed by atoms with E-state index in [4.69, 9.17) is 5.11 Å². The minimum absolute atomic E-state index is 0.000694. The highest BCUT2D eigenvalue weighted by Gasteiger charge is 2.16. The van der Waals surface area contributed by atoms with Crippen LogP contribution in [0.25, 0.3) is 0 Å². The Bertz CT molecular complexity index is 297. The van der Waals surface area contributed by atoms with Gasteiger partial charge in [0.05, 0.1) is 6.26 Å². The Balaban J connectivity index is 4.18.